The molecular formula is C16H15N7O2. The second-order valence-corrected chi connectivity index (χ2v) is 5.58. The maximum absolute atomic E-state index is 12.3. The molecule has 0 spiro atoms. The summed E-state index contributed by atoms with van der Waals surface area (Å²) in [5.74, 6) is 0.803. The molecule has 9 heteroatoms. The molecule has 2 N–H and O–H groups in total. The third-order valence-electron chi connectivity index (χ3n) is 3.84. The number of amides is 2. The van der Waals surface area contributed by atoms with Crippen LogP contribution in [-0.4, -0.2) is 50.8 Å². The van der Waals surface area contributed by atoms with E-state index in [4.69, 9.17) is 0 Å². The number of pyridine rings is 1. The molecule has 9 nitrogen and oxygen atoms in total. The first-order chi connectivity index (χ1) is 12.2. The molecule has 1 fully saturated rings. The predicted molar refractivity (Wildman–Crippen MR) is 90.4 cm³/mol. The van der Waals surface area contributed by atoms with E-state index in [0.29, 0.717) is 30.4 Å². The van der Waals surface area contributed by atoms with Gasteiger partial charge in [-0.25, -0.2) is 15.0 Å². The summed E-state index contributed by atoms with van der Waals surface area (Å²) < 4.78 is 1.68. The minimum Gasteiger partial charge on any atom is -0.353 e. The number of fused-ring (bicyclic) bond motifs is 1. The number of hydrogen-bond donors (Lipinski definition) is 2. The van der Waals surface area contributed by atoms with Gasteiger partial charge in [0.25, 0.3) is 5.91 Å². The molecule has 3 aromatic heterocycles. The van der Waals surface area contributed by atoms with Gasteiger partial charge in [0.2, 0.25) is 11.7 Å². The Hall–Kier alpha value is -3.49. The van der Waals surface area contributed by atoms with Crippen LogP contribution in [0.1, 0.15) is 10.5 Å². The first-order valence-corrected chi connectivity index (χ1v) is 7.78. The molecule has 0 aromatic carbocycles. The number of carbonyl (C=O) groups excluding carboxylic acids is 2. The fourth-order valence-corrected chi connectivity index (χ4v) is 2.62. The van der Waals surface area contributed by atoms with Gasteiger partial charge in [-0.1, -0.05) is 0 Å². The largest absolute Gasteiger partial charge is 0.353 e. The van der Waals surface area contributed by atoms with Crippen molar-refractivity contribution in [3.05, 3.63) is 48.7 Å². The van der Waals surface area contributed by atoms with Gasteiger partial charge in [-0.2, -0.15) is 0 Å². The van der Waals surface area contributed by atoms with E-state index in [1.54, 1.807) is 47.4 Å². The van der Waals surface area contributed by atoms with Crippen LogP contribution < -0.4 is 15.5 Å². The first kappa shape index (κ1) is 15.1. The minimum absolute atomic E-state index is 0.0223. The molecular weight excluding hydrogens is 322 g/mol. The van der Waals surface area contributed by atoms with Gasteiger partial charge < -0.3 is 15.5 Å². The molecule has 0 bridgehead atoms. The number of nitrogens with zero attached hydrogens (tertiary/aromatic N) is 5. The van der Waals surface area contributed by atoms with Gasteiger partial charge in [0, 0.05) is 31.7 Å². The van der Waals surface area contributed by atoms with Crippen molar-refractivity contribution in [3.63, 3.8) is 0 Å². The van der Waals surface area contributed by atoms with Crippen LogP contribution in [0.5, 0.6) is 0 Å². The highest BCUT2D eigenvalue weighted by molar-refractivity contribution is 6.03. The number of rotatable bonds is 3. The average Bonchev–Trinajstić information content (AvgIpc) is 3.07. The Balaban J connectivity index is 1.47. The molecule has 126 valence electrons. The van der Waals surface area contributed by atoms with Crippen LogP contribution >= 0.6 is 0 Å². The zero-order chi connectivity index (χ0) is 17.2. The summed E-state index contributed by atoms with van der Waals surface area (Å²) in [6.07, 6.45) is 6.57. The summed E-state index contributed by atoms with van der Waals surface area (Å²) in [5.41, 5.74) is 0.829. The van der Waals surface area contributed by atoms with Gasteiger partial charge >= 0.3 is 0 Å². The van der Waals surface area contributed by atoms with Crippen LogP contribution in [0.25, 0.3) is 5.78 Å². The number of anilines is 2. The summed E-state index contributed by atoms with van der Waals surface area (Å²) >= 11 is 0. The van der Waals surface area contributed by atoms with Gasteiger partial charge in [0.1, 0.15) is 11.5 Å². The summed E-state index contributed by atoms with van der Waals surface area (Å²) in [5, 5.41) is 5.52. The molecule has 3 aromatic rings. The highest BCUT2D eigenvalue weighted by atomic mass is 16.2. The van der Waals surface area contributed by atoms with Crippen molar-refractivity contribution in [2.75, 3.05) is 29.9 Å². The van der Waals surface area contributed by atoms with E-state index in [1.165, 1.54) is 0 Å². The minimum atomic E-state index is -0.336. The Labute approximate surface area is 142 Å². The normalized spacial score (nSPS) is 14.4. The molecule has 0 saturated carbocycles. The van der Waals surface area contributed by atoms with Crippen LogP contribution in [0.15, 0.2) is 43.0 Å². The highest BCUT2D eigenvalue weighted by Crippen LogP contribution is 2.15. The quantitative estimate of drug-likeness (QED) is 0.713. The summed E-state index contributed by atoms with van der Waals surface area (Å²) in [6.45, 7) is 1.59. The van der Waals surface area contributed by atoms with Crippen molar-refractivity contribution in [1.29, 1.82) is 0 Å². The summed E-state index contributed by atoms with van der Waals surface area (Å²) in [7, 11) is 0. The fourth-order valence-electron chi connectivity index (χ4n) is 2.62. The Morgan fingerprint density at radius 3 is 2.96 bits per heavy atom. The second kappa shape index (κ2) is 6.19. The molecule has 1 aliphatic heterocycles. The molecule has 1 aliphatic rings. The van der Waals surface area contributed by atoms with E-state index >= 15 is 0 Å². The maximum atomic E-state index is 12.3. The van der Waals surface area contributed by atoms with Crippen LogP contribution in [0.2, 0.25) is 0 Å². The van der Waals surface area contributed by atoms with Crippen molar-refractivity contribution in [2.45, 2.75) is 0 Å². The van der Waals surface area contributed by atoms with E-state index in [2.05, 4.69) is 25.6 Å². The highest BCUT2D eigenvalue weighted by Gasteiger charge is 2.17. The Kier molecular flexibility index (Phi) is 3.73. The molecule has 25 heavy (non-hydrogen) atoms. The average molecular weight is 337 g/mol. The Bertz CT molecular complexity index is 902. The van der Waals surface area contributed by atoms with Gasteiger partial charge in [-0.15, -0.1) is 0 Å². The maximum Gasteiger partial charge on any atom is 0.275 e. The molecule has 0 aliphatic carbocycles. The first-order valence-electron chi connectivity index (χ1n) is 7.78. The lowest BCUT2D eigenvalue weighted by Crippen LogP contribution is -2.48. The van der Waals surface area contributed by atoms with E-state index in [-0.39, 0.29) is 24.1 Å². The van der Waals surface area contributed by atoms with Gasteiger partial charge in [0.05, 0.1) is 18.4 Å². The zero-order valence-electron chi connectivity index (χ0n) is 13.2. The predicted octanol–water partition coefficient (Wildman–Crippen LogP) is 0.313. The van der Waals surface area contributed by atoms with Crippen LogP contribution in [0.3, 0.4) is 0 Å². The fraction of sp³-hybridized carbons (Fsp3) is 0.188. The molecule has 0 atom stereocenters. The third-order valence-corrected chi connectivity index (χ3v) is 3.84. The Morgan fingerprint density at radius 1 is 1.28 bits per heavy atom. The zero-order valence-corrected chi connectivity index (χ0v) is 13.2. The van der Waals surface area contributed by atoms with Crippen molar-refractivity contribution in [1.82, 2.24) is 24.7 Å². The smallest absolute Gasteiger partial charge is 0.275 e. The molecule has 0 unspecified atom stereocenters. The van der Waals surface area contributed by atoms with Crippen molar-refractivity contribution < 1.29 is 9.59 Å². The van der Waals surface area contributed by atoms with Gasteiger partial charge in [-0.3, -0.25) is 14.0 Å². The van der Waals surface area contributed by atoms with E-state index < -0.39 is 0 Å². The van der Waals surface area contributed by atoms with Crippen molar-refractivity contribution in [3.8, 4) is 0 Å². The standard InChI is InChI=1S/C16H15N7O2/c24-14-10-22(7-5-17-14)13-3-2-11(8-19-13)20-15(25)12-9-23-6-1-4-18-16(23)21-12/h1-4,6,8-9H,5,7,10H2,(H,17,24)(H,20,25). The van der Waals surface area contributed by atoms with E-state index in [0.717, 1.165) is 0 Å². The number of carbonyl (C=O) groups is 2. The lowest BCUT2D eigenvalue weighted by Gasteiger charge is -2.27. The van der Waals surface area contributed by atoms with Crippen molar-refractivity contribution in [2.24, 2.45) is 0 Å². The van der Waals surface area contributed by atoms with E-state index in [1.807, 2.05) is 4.90 Å². The molecule has 4 rings (SSSR count). The number of hydrogen-bond acceptors (Lipinski definition) is 6. The van der Waals surface area contributed by atoms with Crippen LogP contribution in [0.4, 0.5) is 11.5 Å². The lowest BCUT2D eigenvalue weighted by molar-refractivity contribution is -0.120. The molecule has 2 amide bonds. The van der Waals surface area contributed by atoms with Crippen LogP contribution in [-0.2, 0) is 4.79 Å². The second-order valence-electron chi connectivity index (χ2n) is 5.58. The number of aromatic nitrogens is 4. The SMILES string of the molecule is O=C1CN(c2ccc(NC(=O)c3cn4cccnc4n3)cn2)CCN1. The van der Waals surface area contributed by atoms with Crippen molar-refractivity contribution >= 4 is 29.1 Å². The van der Waals surface area contributed by atoms with Gasteiger partial charge in [0.15, 0.2) is 0 Å². The monoisotopic (exact) mass is 337 g/mol. The molecule has 1 saturated heterocycles. The molecule has 4 heterocycles. The topological polar surface area (TPSA) is 105 Å². The lowest BCUT2D eigenvalue weighted by atomic mass is 10.3. The molecule has 0 radical (unpaired) electrons. The number of imidazole rings is 1. The van der Waals surface area contributed by atoms with E-state index in [9.17, 15) is 9.59 Å². The number of nitrogens with one attached hydrogen (secondary N) is 2. The number of piperazine rings is 1. The summed E-state index contributed by atoms with van der Waals surface area (Å²) in [4.78, 5) is 38.2. The van der Waals surface area contributed by atoms with Gasteiger partial charge in [-0.05, 0) is 18.2 Å². The third kappa shape index (κ3) is 3.11. The van der Waals surface area contributed by atoms with Crippen LogP contribution in [0, 0.1) is 0 Å². The summed E-state index contributed by atoms with van der Waals surface area (Å²) in [6, 6.07) is 5.29. The Morgan fingerprint density at radius 2 is 2.20 bits per heavy atom.